The Bertz CT molecular complexity index is 514. The van der Waals surface area contributed by atoms with Crippen molar-refractivity contribution in [3.63, 3.8) is 0 Å². The summed E-state index contributed by atoms with van der Waals surface area (Å²) in [7, 11) is 1.99. The number of carbonyl (C=O) groups is 1. The number of pyridine rings is 1. The molecule has 1 N–H and O–H groups in total. The second kappa shape index (κ2) is 7.30. The molecule has 2 saturated heterocycles. The Morgan fingerprint density at radius 1 is 1.13 bits per heavy atom. The molecule has 0 radical (unpaired) electrons. The molecule has 5 heteroatoms. The van der Waals surface area contributed by atoms with Crippen molar-refractivity contribution in [1.82, 2.24) is 15.2 Å². The summed E-state index contributed by atoms with van der Waals surface area (Å²) in [5, 5.41) is 3.29. The molecule has 23 heavy (non-hydrogen) atoms. The number of anilines is 1. The third-order valence-corrected chi connectivity index (χ3v) is 5.29. The number of amides is 1. The summed E-state index contributed by atoms with van der Waals surface area (Å²) >= 11 is 0. The third-order valence-electron chi connectivity index (χ3n) is 5.29. The lowest BCUT2D eigenvalue weighted by Gasteiger charge is -2.32. The number of hydrogen-bond donors (Lipinski definition) is 1. The molecule has 1 aromatic rings. The topological polar surface area (TPSA) is 48.5 Å². The summed E-state index contributed by atoms with van der Waals surface area (Å²) in [5.41, 5.74) is 0.710. The average molecular weight is 316 g/mol. The number of hydrogen-bond acceptors (Lipinski definition) is 4. The van der Waals surface area contributed by atoms with Crippen LogP contribution in [-0.2, 0) is 0 Å². The van der Waals surface area contributed by atoms with Gasteiger partial charge in [-0.15, -0.1) is 0 Å². The van der Waals surface area contributed by atoms with Gasteiger partial charge in [-0.3, -0.25) is 4.79 Å². The molecular weight excluding hydrogens is 288 g/mol. The fraction of sp³-hybridized carbons (Fsp3) is 0.667. The van der Waals surface area contributed by atoms with E-state index in [1.807, 2.05) is 24.1 Å². The van der Waals surface area contributed by atoms with E-state index in [1.165, 1.54) is 12.8 Å². The zero-order valence-electron chi connectivity index (χ0n) is 14.3. The van der Waals surface area contributed by atoms with Gasteiger partial charge in [0.25, 0.3) is 5.91 Å². The Morgan fingerprint density at radius 2 is 1.83 bits per heavy atom. The lowest BCUT2D eigenvalue weighted by Crippen LogP contribution is -2.44. The summed E-state index contributed by atoms with van der Waals surface area (Å²) in [6.45, 7) is 6.11. The summed E-state index contributed by atoms with van der Waals surface area (Å²) in [4.78, 5) is 21.4. The molecule has 0 aliphatic carbocycles. The van der Waals surface area contributed by atoms with Crippen LogP contribution in [0.4, 0.5) is 5.82 Å². The van der Waals surface area contributed by atoms with Crippen molar-refractivity contribution >= 4 is 11.7 Å². The Balaban J connectivity index is 1.59. The third kappa shape index (κ3) is 3.83. The molecule has 3 rings (SSSR count). The van der Waals surface area contributed by atoms with Crippen molar-refractivity contribution in [3.05, 3.63) is 23.9 Å². The maximum atomic E-state index is 12.6. The number of nitrogens with zero attached hydrogens (tertiary/aromatic N) is 3. The number of piperidine rings is 2. The molecule has 2 aliphatic heterocycles. The van der Waals surface area contributed by atoms with E-state index in [-0.39, 0.29) is 5.91 Å². The second-order valence-electron chi connectivity index (χ2n) is 6.93. The summed E-state index contributed by atoms with van der Waals surface area (Å²) < 4.78 is 0. The molecule has 0 unspecified atom stereocenters. The first-order valence-electron chi connectivity index (χ1n) is 8.85. The zero-order chi connectivity index (χ0) is 16.2. The summed E-state index contributed by atoms with van der Waals surface area (Å²) in [6.07, 6.45) is 6.25. The van der Waals surface area contributed by atoms with Crippen molar-refractivity contribution in [2.24, 2.45) is 5.92 Å². The maximum Gasteiger partial charge on any atom is 0.255 e. The highest BCUT2D eigenvalue weighted by molar-refractivity contribution is 5.94. The lowest BCUT2D eigenvalue weighted by molar-refractivity contribution is 0.0707. The molecule has 126 valence electrons. The van der Waals surface area contributed by atoms with E-state index in [0.29, 0.717) is 11.6 Å². The highest BCUT2D eigenvalue weighted by Crippen LogP contribution is 2.22. The standard InChI is InChI=1S/C18H28N4O/c1-14-5-9-21(10-6-14)17-4-3-15(13-20-17)18(23)22-11-7-16(19-2)8-12-22/h3-4,13-14,16,19H,5-12H2,1-2H3. The Labute approximate surface area is 139 Å². The van der Waals surface area contributed by atoms with Gasteiger partial charge in [-0.05, 0) is 50.8 Å². The van der Waals surface area contributed by atoms with Gasteiger partial charge < -0.3 is 15.1 Å². The van der Waals surface area contributed by atoms with Gasteiger partial charge in [0, 0.05) is 38.4 Å². The summed E-state index contributed by atoms with van der Waals surface area (Å²) in [5.74, 6) is 1.93. The molecular formula is C18H28N4O. The SMILES string of the molecule is CNC1CCN(C(=O)c2ccc(N3CCC(C)CC3)nc2)CC1. The molecule has 1 amide bonds. The largest absolute Gasteiger partial charge is 0.357 e. The van der Waals surface area contributed by atoms with Crippen LogP contribution < -0.4 is 10.2 Å². The molecule has 2 aliphatic rings. The van der Waals surface area contributed by atoms with Crippen molar-refractivity contribution in [3.8, 4) is 0 Å². The van der Waals surface area contributed by atoms with Crippen LogP contribution in [-0.4, -0.2) is 55.1 Å². The van der Waals surface area contributed by atoms with Gasteiger partial charge in [-0.25, -0.2) is 4.98 Å². The highest BCUT2D eigenvalue weighted by atomic mass is 16.2. The smallest absolute Gasteiger partial charge is 0.255 e. The second-order valence-corrected chi connectivity index (χ2v) is 6.93. The number of rotatable bonds is 3. The van der Waals surface area contributed by atoms with Crippen molar-refractivity contribution in [2.75, 3.05) is 38.1 Å². The first-order chi connectivity index (χ1) is 11.2. The van der Waals surface area contributed by atoms with E-state index in [2.05, 4.69) is 22.1 Å². The predicted molar refractivity (Wildman–Crippen MR) is 92.8 cm³/mol. The number of likely N-dealkylation sites (tertiary alicyclic amines) is 1. The molecule has 0 spiro atoms. The average Bonchev–Trinajstić information content (AvgIpc) is 2.62. The van der Waals surface area contributed by atoms with Gasteiger partial charge in [0.1, 0.15) is 5.82 Å². The fourth-order valence-electron chi connectivity index (χ4n) is 3.49. The quantitative estimate of drug-likeness (QED) is 0.928. The van der Waals surface area contributed by atoms with Gasteiger partial charge in [-0.1, -0.05) is 6.92 Å². The van der Waals surface area contributed by atoms with Crippen LogP contribution >= 0.6 is 0 Å². The normalized spacial score (nSPS) is 20.8. The van der Waals surface area contributed by atoms with Crippen LogP contribution in [0.25, 0.3) is 0 Å². The van der Waals surface area contributed by atoms with Gasteiger partial charge in [0.2, 0.25) is 0 Å². The molecule has 0 aromatic carbocycles. The minimum Gasteiger partial charge on any atom is -0.357 e. The lowest BCUT2D eigenvalue weighted by atomic mass is 9.99. The van der Waals surface area contributed by atoms with E-state index in [9.17, 15) is 4.79 Å². The van der Waals surface area contributed by atoms with Crippen LogP contribution in [0.2, 0.25) is 0 Å². The van der Waals surface area contributed by atoms with E-state index in [0.717, 1.165) is 50.8 Å². The minimum absolute atomic E-state index is 0.117. The van der Waals surface area contributed by atoms with Crippen molar-refractivity contribution in [1.29, 1.82) is 0 Å². The first kappa shape index (κ1) is 16.2. The monoisotopic (exact) mass is 316 g/mol. The molecule has 0 atom stereocenters. The molecule has 3 heterocycles. The Morgan fingerprint density at radius 3 is 2.39 bits per heavy atom. The molecule has 0 bridgehead atoms. The fourth-order valence-corrected chi connectivity index (χ4v) is 3.49. The van der Waals surface area contributed by atoms with Crippen molar-refractivity contribution in [2.45, 2.75) is 38.6 Å². The van der Waals surface area contributed by atoms with Crippen LogP contribution in [0.5, 0.6) is 0 Å². The number of carbonyl (C=O) groups excluding carboxylic acids is 1. The van der Waals surface area contributed by atoms with Crippen LogP contribution in [0.3, 0.4) is 0 Å². The number of aromatic nitrogens is 1. The van der Waals surface area contributed by atoms with E-state index in [1.54, 1.807) is 6.20 Å². The van der Waals surface area contributed by atoms with Gasteiger partial charge >= 0.3 is 0 Å². The van der Waals surface area contributed by atoms with E-state index in [4.69, 9.17) is 0 Å². The van der Waals surface area contributed by atoms with Crippen molar-refractivity contribution < 1.29 is 4.79 Å². The van der Waals surface area contributed by atoms with E-state index < -0.39 is 0 Å². The predicted octanol–water partition coefficient (Wildman–Crippen LogP) is 2.14. The van der Waals surface area contributed by atoms with Crippen LogP contribution in [0.15, 0.2) is 18.3 Å². The Hall–Kier alpha value is -1.62. The summed E-state index contributed by atoms with van der Waals surface area (Å²) in [6, 6.07) is 4.48. The molecule has 0 saturated carbocycles. The minimum atomic E-state index is 0.117. The zero-order valence-corrected chi connectivity index (χ0v) is 14.3. The molecule has 5 nitrogen and oxygen atoms in total. The molecule has 2 fully saturated rings. The molecule has 1 aromatic heterocycles. The highest BCUT2D eigenvalue weighted by Gasteiger charge is 2.23. The number of nitrogens with one attached hydrogen (secondary N) is 1. The van der Waals surface area contributed by atoms with Crippen LogP contribution in [0, 0.1) is 5.92 Å². The van der Waals surface area contributed by atoms with Gasteiger partial charge in [-0.2, -0.15) is 0 Å². The van der Waals surface area contributed by atoms with Crippen LogP contribution in [0.1, 0.15) is 43.0 Å². The van der Waals surface area contributed by atoms with Gasteiger partial charge in [0.05, 0.1) is 5.56 Å². The maximum absolute atomic E-state index is 12.6. The van der Waals surface area contributed by atoms with Gasteiger partial charge in [0.15, 0.2) is 0 Å². The van der Waals surface area contributed by atoms with E-state index >= 15 is 0 Å². The first-order valence-corrected chi connectivity index (χ1v) is 8.85. The Kier molecular flexibility index (Phi) is 5.16.